The van der Waals surface area contributed by atoms with Crippen LogP contribution in [0, 0.1) is 5.92 Å². The molecule has 1 fully saturated rings. The molecule has 0 saturated heterocycles. The summed E-state index contributed by atoms with van der Waals surface area (Å²) >= 11 is 6.19. The third-order valence-electron chi connectivity index (χ3n) is 5.31. The van der Waals surface area contributed by atoms with E-state index in [4.69, 9.17) is 11.6 Å². The fraction of sp³-hybridized carbons (Fsp3) is 0.684. The quantitative estimate of drug-likeness (QED) is 0.717. The molecule has 0 radical (unpaired) electrons. The first-order valence-corrected chi connectivity index (χ1v) is 9.18. The zero-order valence-corrected chi connectivity index (χ0v) is 16.0. The zero-order chi connectivity index (χ0) is 16.0. The van der Waals surface area contributed by atoms with E-state index in [1.54, 1.807) is 0 Å². The van der Waals surface area contributed by atoms with Crippen molar-refractivity contribution in [2.24, 2.45) is 5.92 Å². The molecule has 0 amide bonds. The van der Waals surface area contributed by atoms with Crippen LogP contribution in [0.2, 0.25) is 5.02 Å². The number of aliphatic hydroxyl groups is 1. The monoisotopic (exact) mass is 359 g/mol. The first-order chi connectivity index (χ1) is 10.6. The van der Waals surface area contributed by atoms with E-state index in [2.05, 4.69) is 18.7 Å². The second-order valence-corrected chi connectivity index (χ2v) is 6.98. The summed E-state index contributed by atoms with van der Waals surface area (Å²) in [5, 5.41) is 12.3. The molecule has 1 N–H and O–H groups in total. The molecule has 2 rings (SSSR count). The minimum atomic E-state index is -0.742. The summed E-state index contributed by atoms with van der Waals surface area (Å²) in [7, 11) is 0. The van der Waals surface area contributed by atoms with Gasteiger partial charge < -0.3 is 10.0 Å². The van der Waals surface area contributed by atoms with E-state index in [1.807, 2.05) is 24.3 Å². The van der Waals surface area contributed by atoms with Crippen molar-refractivity contribution in [3.05, 3.63) is 34.9 Å². The standard InChI is InChI=1S/C19H30ClNO.ClH/c1-3-21(4-2)14-13-19(22,16-9-6-5-7-10-16)17-11-8-12-18(20)15-17;/h8,11-12,15-16,22H,3-7,9-10,13-14H2,1-2H3;1H. The molecule has 0 aliphatic heterocycles. The third kappa shape index (κ3) is 5.35. The van der Waals surface area contributed by atoms with Gasteiger partial charge in [-0.2, -0.15) is 0 Å². The van der Waals surface area contributed by atoms with Crippen LogP contribution in [-0.4, -0.2) is 29.6 Å². The summed E-state index contributed by atoms with van der Waals surface area (Å²) in [5.41, 5.74) is 0.257. The van der Waals surface area contributed by atoms with Gasteiger partial charge in [0, 0.05) is 11.6 Å². The summed E-state index contributed by atoms with van der Waals surface area (Å²) in [5.74, 6) is 0.357. The van der Waals surface area contributed by atoms with Gasteiger partial charge in [-0.1, -0.05) is 56.8 Å². The maximum atomic E-state index is 11.6. The zero-order valence-electron chi connectivity index (χ0n) is 14.4. The molecule has 1 aliphatic carbocycles. The van der Waals surface area contributed by atoms with E-state index in [0.717, 1.165) is 49.5 Å². The van der Waals surface area contributed by atoms with Crippen LogP contribution in [0.4, 0.5) is 0 Å². The van der Waals surface area contributed by atoms with Crippen LogP contribution in [0.15, 0.2) is 24.3 Å². The van der Waals surface area contributed by atoms with Gasteiger partial charge >= 0.3 is 0 Å². The van der Waals surface area contributed by atoms with Crippen LogP contribution in [-0.2, 0) is 5.60 Å². The van der Waals surface area contributed by atoms with Crippen LogP contribution in [0.25, 0.3) is 0 Å². The largest absolute Gasteiger partial charge is 0.385 e. The number of hydrogen-bond donors (Lipinski definition) is 1. The highest BCUT2D eigenvalue weighted by atomic mass is 35.5. The number of halogens is 2. The van der Waals surface area contributed by atoms with E-state index in [0.29, 0.717) is 5.92 Å². The topological polar surface area (TPSA) is 23.5 Å². The molecular formula is C19H31Cl2NO. The number of rotatable bonds is 7. The van der Waals surface area contributed by atoms with Crippen molar-refractivity contribution in [3.63, 3.8) is 0 Å². The van der Waals surface area contributed by atoms with Gasteiger partial charge in [-0.05, 0) is 56.0 Å². The van der Waals surface area contributed by atoms with Gasteiger partial charge in [0.1, 0.15) is 0 Å². The van der Waals surface area contributed by atoms with Crippen molar-refractivity contribution < 1.29 is 5.11 Å². The minimum absolute atomic E-state index is 0. The van der Waals surface area contributed by atoms with Gasteiger partial charge in [0.15, 0.2) is 0 Å². The lowest BCUT2D eigenvalue weighted by Gasteiger charge is -2.40. The molecule has 1 saturated carbocycles. The lowest BCUT2D eigenvalue weighted by Crippen LogP contribution is -2.40. The van der Waals surface area contributed by atoms with Crippen molar-refractivity contribution >= 4 is 24.0 Å². The molecule has 2 nitrogen and oxygen atoms in total. The van der Waals surface area contributed by atoms with Gasteiger partial charge in [-0.25, -0.2) is 0 Å². The Balaban J connectivity index is 0.00000264. The van der Waals surface area contributed by atoms with Gasteiger partial charge in [-0.3, -0.25) is 0 Å². The second-order valence-electron chi connectivity index (χ2n) is 6.55. The molecule has 0 aromatic heterocycles. The third-order valence-corrected chi connectivity index (χ3v) is 5.54. The van der Waals surface area contributed by atoms with Gasteiger partial charge in [0.05, 0.1) is 5.60 Å². The van der Waals surface area contributed by atoms with Gasteiger partial charge in [0.25, 0.3) is 0 Å². The molecule has 0 spiro atoms. The Hall–Kier alpha value is -0.280. The van der Waals surface area contributed by atoms with E-state index < -0.39 is 5.60 Å². The lowest BCUT2D eigenvalue weighted by molar-refractivity contribution is -0.0516. The summed E-state index contributed by atoms with van der Waals surface area (Å²) in [6, 6.07) is 7.85. The molecular weight excluding hydrogens is 329 g/mol. The summed E-state index contributed by atoms with van der Waals surface area (Å²) in [6.45, 7) is 7.37. The Morgan fingerprint density at radius 3 is 2.39 bits per heavy atom. The average Bonchev–Trinajstić information content (AvgIpc) is 2.56. The van der Waals surface area contributed by atoms with Crippen molar-refractivity contribution in [1.82, 2.24) is 4.90 Å². The number of nitrogens with zero attached hydrogens (tertiary/aromatic N) is 1. The molecule has 1 aromatic rings. The van der Waals surface area contributed by atoms with Crippen LogP contribution >= 0.6 is 24.0 Å². The maximum Gasteiger partial charge on any atom is 0.0937 e. The molecule has 1 aromatic carbocycles. The molecule has 132 valence electrons. The van der Waals surface area contributed by atoms with Gasteiger partial charge in [0.2, 0.25) is 0 Å². The van der Waals surface area contributed by atoms with Crippen LogP contribution in [0.1, 0.15) is 57.9 Å². The first-order valence-electron chi connectivity index (χ1n) is 8.81. The Bertz CT molecular complexity index is 458. The molecule has 1 unspecified atom stereocenters. The highest BCUT2D eigenvalue weighted by Gasteiger charge is 2.38. The van der Waals surface area contributed by atoms with Crippen molar-refractivity contribution in [1.29, 1.82) is 0 Å². The molecule has 1 aliphatic rings. The average molecular weight is 360 g/mol. The molecule has 0 heterocycles. The van der Waals surface area contributed by atoms with Crippen LogP contribution < -0.4 is 0 Å². The normalized spacial score (nSPS) is 18.5. The second kappa shape index (κ2) is 9.88. The molecule has 4 heteroatoms. The fourth-order valence-corrected chi connectivity index (χ4v) is 3.98. The number of benzene rings is 1. The molecule has 1 atom stereocenters. The van der Waals surface area contributed by atoms with Crippen LogP contribution in [0.3, 0.4) is 0 Å². The number of hydrogen-bond acceptors (Lipinski definition) is 2. The van der Waals surface area contributed by atoms with E-state index in [1.165, 1.54) is 19.3 Å². The maximum absolute atomic E-state index is 11.6. The van der Waals surface area contributed by atoms with E-state index in [9.17, 15) is 5.11 Å². The van der Waals surface area contributed by atoms with E-state index >= 15 is 0 Å². The summed E-state index contributed by atoms with van der Waals surface area (Å²) in [4.78, 5) is 2.39. The molecule has 0 bridgehead atoms. The lowest BCUT2D eigenvalue weighted by atomic mass is 9.71. The van der Waals surface area contributed by atoms with Gasteiger partial charge in [-0.15, -0.1) is 12.4 Å². The van der Waals surface area contributed by atoms with Crippen molar-refractivity contribution in [2.45, 2.75) is 58.0 Å². The fourth-order valence-electron chi connectivity index (χ4n) is 3.79. The Morgan fingerprint density at radius 1 is 1.17 bits per heavy atom. The Kier molecular flexibility index (Phi) is 8.92. The first kappa shape index (κ1) is 20.8. The Labute approximate surface area is 152 Å². The van der Waals surface area contributed by atoms with Crippen LogP contribution in [0.5, 0.6) is 0 Å². The van der Waals surface area contributed by atoms with E-state index in [-0.39, 0.29) is 12.4 Å². The predicted octanol–water partition coefficient (Wildman–Crippen LogP) is 5.26. The highest BCUT2D eigenvalue weighted by molar-refractivity contribution is 6.30. The Morgan fingerprint density at radius 2 is 1.83 bits per heavy atom. The SMILES string of the molecule is CCN(CC)CCC(O)(c1cccc(Cl)c1)C1CCCCC1.Cl. The minimum Gasteiger partial charge on any atom is -0.385 e. The smallest absolute Gasteiger partial charge is 0.0937 e. The highest BCUT2D eigenvalue weighted by Crippen LogP contribution is 2.42. The van der Waals surface area contributed by atoms with Crippen molar-refractivity contribution in [2.75, 3.05) is 19.6 Å². The molecule has 23 heavy (non-hydrogen) atoms. The van der Waals surface area contributed by atoms with Crippen molar-refractivity contribution in [3.8, 4) is 0 Å². The summed E-state index contributed by atoms with van der Waals surface area (Å²) < 4.78 is 0. The predicted molar refractivity (Wildman–Crippen MR) is 102 cm³/mol. The summed E-state index contributed by atoms with van der Waals surface area (Å²) in [6.07, 6.45) is 6.82.